The number of carbonyl (C=O) groups is 3. The van der Waals surface area contributed by atoms with Gasteiger partial charge in [-0.3, -0.25) is 14.4 Å². The topological polar surface area (TPSA) is 99.6 Å². The van der Waals surface area contributed by atoms with E-state index in [0.29, 0.717) is 44.1 Å². The van der Waals surface area contributed by atoms with Gasteiger partial charge in [0.1, 0.15) is 17.4 Å². The molecular weight excluding hydrogens is 522 g/mol. The third-order valence-electron chi connectivity index (χ3n) is 8.47. The summed E-state index contributed by atoms with van der Waals surface area (Å²) >= 11 is 0. The number of hydrogen-bond acceptors (Lipinski definition) is 6. The van der Waals surface area contributed by atoms with Crippen molar-refractivity contribution in [3.8, 4) is 5.75 Å². The van der Waals surface area contributed by atoms with Crippen molar-refractivity contribution >= 4 is 23.4 Å². The number of rotatable bonds is 8. The van der Waals surface area contributed by atoms with Crippen LogP contribution in [0.25, 0.3) is 0 Å². The molecule has 2 fully saturated rings. The molecule has 4 aliphatic heterocycles. The number of hydrogen-bond donors (Lipinski definition) is 1. The van der Waals surface area contributed by atoms with Crippen molar-refractivity contribution < 1.29 is 29.0 Å². The van der Waals surface area contributed by atoms with Gasteiger partial charge in [0, 0.05) is 38.5 Å². The summed E-state index contributed by atoms with van der Waals surface area (Å²) in [4.78, 5) is 47.6. The third-order valence-corrected chi connectivity index (χ3v) is 8.47. The standard InChI is InChI=1S/C32H35N3O6/c1-2-40-24-14-12-23(13-15-24)34-18-6-11-25-26(29(34)37)27-30(38)35(19-8-20-36)28-31(39)33(17-7-16-32(27,28)41-25)21-22-9-4-3-5-10-22/h3-7,9-16,25-28,36H,2,8,17-21H2,1H3/t25-,26+,27-,28?,32-/m0/s1. The second kappa shape index (κ2) is 11.1. The first-order valence-corrected chi connectivity index (χ1v) is 14.3. The average molecular weight is 558 g/mol. The number of amides is 3. The Bertz CT molecular complexity index is 1360. The van der Waals surface area contributed by atoms with E-state index in [1.165, 1.54) is 4.90 Å². The lowest BCUT2D eigenvalue weighted by atomic mass is 9.77. The van der Waals surface area contributed by atoms with Crippen LogP contribution >= 0.6 is 0 Å². The Kier molecular flexibility index (Phi) is 7.40. The molecule has 5 atom stereocenters. The molecule has 0 aromatic heterocycles. The minimum atomic E-state index is -1.29. The molecule has 41 heavy (non-hydrogen) atoms. The summed E-state index contributed by atoms with van der Waals surface area (Å²) in [5.74, 6) is -1.67. The molecule has 1 spiro atoms. The molecule has 0 bridgehead atoms. The van der Waals surface area contributed by atoms with Crippen LogP contribution in [0.4, 0.5) is 5.69 Å². The number of fused-ring (bicyclic) bond motifs is 2. The zero-order valence-corrected chi connectivity index (χ0v) is 23.1. The Morgan fingerprint density at radius 3 is 2.49 bits per heavy atom. The van der Waals surface area contributed by atoms with Crippen LogP contribution in [0.3, 0.4) is 0 Å². The molecule has 0 radical (unpaired) electrons. The normalized spacial score (nSPS) is 28.8. The lowest BCUT2D eigenvalue weighted by molar-refractivity contribution is -0.147. The first-order valence-electron chi connectivity index (χ1n) is 14.3. The summed E-state index contributed by atoms with van der Waals surface area (Å²) in [7, 11) is 0. The fourth-order valence-electron chi connectivity index (χ4n) is 6.73. The summed E-state index contributed by atoms with van der Waals surface area (Å²) in [5.41, 5.74) is 0.395. The van der Waals surface area contributed by atoms with Crippen molar-refractivity contribution in [2.24, 2.45) is 11.8 Å². The van der Waals surface area contributed by atoms with E-state index in [0.717, 1.165) is 5.56 Å². The Morgan fingerprint density at radius 1 is 0.976 bits per heavy atom. The highest BCUT2D eigenvalue weighted by Crippen LogP contribution is 2.53. The van der Waals surface area contributed by atoms with Crippen LogP contribution in [0, 0.1) is 11.8 Å². The van der Waals surface area contributed by atoms with E-state index in [2.05, 4.69) is 0 Å². The SMILES string of the molecule is CCOc1ccc(N2CC=C[C@@H]3O[C@]45C=CCN(Cc6ccccc6)C(=O)C4N(CCCO)C(=O)[C@@H]5[C@@H]3C2=O)cc1. The Labute approximate surface area is 239 Å². The van der Waals surface area contributed by atoms with Crippen molar-refractivity contribution in [1.82, 2.24) is 9.80 Å². The number of anilines is 1. The summed E-state index contributed by atoms with van der Waals surface area (Å²) in [6.45, 7) is 3.63. The molecule has 9 heteroatoms. The second-order valence-corrected chi connectivity index (χ2v) is 10.9. The molecule has 2 saturated heterocycles. The largest absolute Gasteiger partial charge is 0.494 e. The van der Waals surface area contributed by atoms with E-state index >= 15 is 0 Å². The van der Waals surface area contributed by atoms with Gasteiger partial charge in [-0.2, -0.15) is 0 Å². The van der Waals surface area contributed by atoms with Crippen molar-refractivity contribution in [3.63, 3.8) is 0 Å². The monoisotopic (exact) mass is 557 g/mol. The maximum absolute atomic E-state index is 14.2. The lowest BCUT2D eigenvalue weighted by Gasteiger charge is -2.35. The summed E-state index contributed by atoms with van der Waals surface area (Å²) < 4.78 is 12.2. The molecule has 214 valence electrons. The van der Waals surface area contributed by atoms with Crippen LogP contribution in [0.2, 0.25) is 0 Å². The van der Waals surface area contributed by atoms with E-state index in [1.54, 1.807) is 9.80 Å². The zero-order valence-electron chi connectivity index (χ0n) is 23.1. The molecule has 3 amide bonds. The average Bonchev–Trinajstić information content (AvgIpc) is 3.30. The Hall–Kier alpha value is -3.95. The number of carbonyl (C=O) groups excluding carboxylic acids is 3. The molecule has 0 aliphatic carbocycles. The number of nitrogens with zero attached hydrogens (tertiary/aromatic N) is 3. The van der Waals surface area contributed by atoms with Crippen LogP contribution < -0.4 is 9.64 Å². The van der Waals surface area contributed by atoms with Gasteiger partial charge in [-0.05, 0) is 43.2 Å². The van der Waals surface area contributed by atoms with Gasteiger partial charge >= 0.3 is 0 Å². The zero-order chi connectivity index (χ0) is 28.6. The van der Waals surface area contributed by atoms with Crippen LogP contribution in [0.1, 0.15) is 18.9 Å². The molecule has 9 nitrogen and oxygen atoms in total. The maximum atomic E-state index is 14.2. The predicted molar refractivity (Wildman–Crippen MR) is 152 cm³/mol. The Balaban J connectivity index is 1.36. The van der Waals surface area contributed by atoms with Gasteiger partial charge in [-0.15, -0.1) is 0 Å². The van der Waals surface area contributed by atoms with E-state index in [4.69, 9.17) is 9.47 Å². The van der Waals surface area contributed by atoms with Crippen molar-refractivity contribution in [2.45, 2.75) is 37.6 Å². The van der Waals surface area contributed by atoms with Gasteiger partial charge in [0.2, 0.25) is 17.7 Å². The number of benzene rings is 2. The first kappa shape index (κ1) is 27.2. The van der Waals surface area contributed by atoms with Crippen molar-refractivity contribution in [1.29, 1.82) is 0 Å². The molecular formula is C32H35N3O6. The van der Waals surface area contributed by atoms with Crippen LogP contribution in [-0.2, 0) is 25.7 Å². The third kappa shape index (κ3) is 4.63. The van der Waals surface area contributed by atoms with Gasteiger partial charge in [0.25, 0.3) is 0 Å². The fraction of sp³-hybridized carbons (Fsp3) is 0.406. The molecule has 4 aliphatic rings. The Morgan fingerprint density at radius 2 is 1.76 bits per heavy atom. The smallest absolute Gasteiger partial charge is 0.249 e. The molecule has 1 unspecified atom stereocenters. The van der Waals surface area contributed by atoms with E-state index in [9.17, 15) is 19.5 Å². The van der Waals surface area contributed by atoms with E-state index < -0.39 is 29.6 Å². The lowest BCUT2D eigenvalue weighted by Crippen LogP contribution is -2.55. The van der Waals surface area contributed by atoms with Crippen LogP contribution in [0.15, 0.2) is 78.9 Å². The number of likely N-dealkylation sites (tertiary alicyclic amines) is 1. The van der Waals surface area contributed by atoms with Crippen molar-refractivity contribution in [2.75, 3.05) is 37.7 Å². The first-order chi connectivity index (χ1) is 20.0. The van der Waals surface area contributed by atoms with E-state index in [1.807, 2.05) is 85.8 Å². The van der Waals surface area contributed by atoms with Crippen LogP contribution in [-0.4, -0.2) is 83.2 Å². The highest BCUT2D eigenvalue weighted by molar-refractivity contribution is 6.03. The van der Waals surface area contributed by atoms with E-state index in [-0.39, 0.29) is 30.9 Å². The van der Waals surface area contributed by atoms with Gasteiger partial charge in [0.15, 0.2) is 0 Å². The van der Waals surface area contributed by atoms with Gasteiger partial charge in [0.05, 0.1) is 24.5 Å². The molecule has 2 aromatic rings. The van der Waals surface area contributed by atoms with Crippen molar-refractivity contribution in [3.05, 3.63) is 84.5 Å². The molecule has 1 N–H and O–H groups in total. The fourth-order valence-corrected chi connectivity index (χ4v) is 6.73. The van der Waals surface area contributed by atoms with Gasteiger partial charge < -0.3 is 29.3 Å². The molecule has 6 rings (SSSR count). The highest BCUT2D eigenvalue weighted by atomic mass is 16.5. The highest BCUT2D eigenvalue weighted by Gasteiger charge is 2.71. The summed E-state index contributed by atoms with van der Waals surface area (Å²) in [6, 6.07) is 16.1. The van der Waals surface area contributed by atoms with Gasteiger partial charge in [-0.25, -0.2) is 0 Å². The quantitative estimate of drug-likeness (QED) is 0.501. The summed E-state index contributed by atoms with van der Waals surface area (Å²) in [5, 5.41) is 9.60. The maximum Gasteiger partial charge on any atom is 0.249 e. The minimum Gasteiger partial charge on any atom is -0.494 e. The number of aliphatic hydroxyl groups is 1. The minimum absolute atomic E-state index is 0.119. The van der Waals surface area contributed by atoms with Crippen LogP contribution in [0.5, 0.6) is 5.75 Å². The number of ether oxygens (including phenoxy) is 2. The predicted octanol–water partition coefficient (Wildman–Crippen LogP) is 2.55. The summed E-state index contributed by atoms with van der Waals surface area (Å²) in [6.07, 6.45) is 7.16. The molecule has 2 aromatic carbocycles. The number of aliphatic hydroxyl groups excluding tert-OH is 1. The molecule has 4 heterocycles. The van der Waals surface area contributed by atoms with Gasteiger partial charge in [-0.1, -0.05) is 54.6 Å². The second-order valence-electron chi connectivity index (χ2n) is 10.9. The molecule has 0 saturated carbocycles.